The van der Waals surface area contributed by atoms with Gasteiger partial charge >= 0.3 is 0 Å². The number of rotatable bonds is 5. The quantitative estimate of drug-likeness (QED) is 0.840. The van der Waals surface area contributed by atoms with Crippen molar-refractivity contribution in [2.45, 2.75) is 13.8 Å². The summed E-state index contributed by atoms with van der Waals surface area (Å²) in [5.41, 5.74) is 1.93. The summed E-state index contributed by atoms with van der Waals surface area (Å²) in [5, 5.41) is 0. The molecule has 1 fully saturated rings. The predicted octanol–water partition coefficient (Wildman–Crippen LogP) is 2.89. The summed E-state index contributed by atoms with van der Waals surface area (Å²) >= 11 is 0. The monoisotopic (exact) mass is 338 g/mol. The number of benzene rings is 1. The Bertz CT molecular complexity index is 675. The summed E-state index contributed by atoms with van der Waals surface area (Å²) < 4.78 is 0. The second-order valence-electron chi connectivity index (χ2n) is 6.19. The maximum atomic E-state index is 12.7. The molecule has 1 amide bonds. The van der Waals surface area contributed by atoms with E-state index in [-0.39, 0.29) is 5.91 Å². The van der Waals surface area contributed by atoms with Crippen LogP contribution in [0.3, 0.4) is 0 Å². The smallest absolute Gasteiger partial charge is 0.253 e. The minimum absolute atomic E-state index is 0.117. The Morgan fingerprint density at radius 3 is 2.24 bits per heavy atom. The lowest BCUT2D eigenvalue weighted by atomic mass is 10.1. The molecule has 3 rings (SSSR count). The molecule has 1 aromatic carbocycles. The molecule has 132 valence electrons. The van der Waals surface area contributed by atoms with Crippen LogP contribution in [-0.4, -0.2) is 55.1 Å². The van der Waals surface area contributed by atoms with E-state index in [0.29, 0.717) is 0 Å². The van der Waals surface area contributed by atoms with Crippen molar-refractivity contribution in [3.05, 3.63) is 54.2 Å². The second kappa shape index (κ2) is 8.01. The first kappa shape index (κ1) is 17.3. The van der Waals surface area contributed by atoms with Crippen molar-refractivity contribution in [2.24, 2.45) is 0 Å². The predicted molar refractivity (Wildman–Crippen MR) is 102 cm³/mol. The summed E-state index contributed by atoms with van der Waals surface area (Å²) in [7, 11) is 0. The first-order valence-electron chi connectivity index (χ1n) is 9.03. The average molecular weight is 338 g/mol. The van der Waals surface area contributed by atoms with Gasteiger partial charge < -0.3 is 14.7 Å². The number of carbonyl (C=O) groups excluding carboxylic acids is 1. The summed E-state index contributed by atoms with van der Waals surface area (Å²) in [6.45, 7) is 9.33. The van der Waals surface area contributed by atoms with Crippen LogP contribution in [0.15, 0.2) is 48.7 Å². The average Bonchev–Trinajstić information content (AvgIpc) is 2.70. The van der Waals surface area contributed by atoms with Crippen molar-refractivity contribution in [3.8, 4) is 0 Å². The molecule has 5 nitrogen and oxygen atoms in total. The molecule has 1 aromatic heterocycles. The Balaban J connectivity index is 1.61. The first-order valence-corrected chi connectivity index (χ1v) is 9.03. The fourth-order valence-corrected chi connectivity index (χ4v) is 3.27. The van der Waals surface area contributed by atoms with Crippen LogP contribution in [0.2, 0.25) is 0 Å². The highest BCUT2D eigenvalue weighted by molar-refractivity contribution is 5.94. The third-order valence-electron chi connectivity index (χ3n) is 4.78. The molecular weight excluding hydrogens is 312 g/mol. The van der Waals surface area contributed by atoms with Gasteiger partial charge in [0.1, 0.15) is 5.82 Å². The van der Waals surface area contributed by atoms with Crippen LogP contribution in [0.5, 0.6) is 0 Å². The van der Waals surface area contributed by atoms with Crippen molar-refractivity contribution >= 4 is 17.4 Å². The van der Waals surface area contributed by atoms with Gasteiger partial charge in [0.05, 0.1) is 0 Å². The topological polar surface area (TPSA) is 39.7 Å². The Kier molecular flexibility index (Phi) is 5.53. The molecule has 0 saturated carbocycles. The Hall–Kier alpha value is -2.56. The SMILES string of the molecule is CCN(CC)c1ccc(C(=O)N2CCN(c3ccccn3)CC2)cc1. The van der Waals surface area contributed by atoms with Crippen LogP contribution < -0.4 is 9.80 Å². The van der Waals surface area contributed by atoms with Gasteiger partial charge in [-0.15, -0.1) is 0 Å². The van der Waals surface area contributed by atoms with Crippen molar-refractivity contribution in [2.75, 3.05) is 49.1 Å². The summed E-state index contributed by atoms with van der Waals surface area (Å²) in [5.74, 6) is 1.10. The molecule has 5 heteroatoms. The lowest BCUT2D eigenvalue weighted by Crippen LogP contribution is -2.49. The minimum atomic E-state index is 0.117. The summed E-state index contributed by atoms with van der Waals surface area (Å²) in [6.07, 6.45) is 1.81. The Labute approximate surface area is 149 Å². The summed E-state index contributed by atoms with van der Waals surface area (Å²) in [6, 6.07) is 13.9. The highest BCUT2D eigenvalue weighted by Crippen LogP contribution is 2.18. The molecule has 0 atom stereocenters. The van der Waals surface area contributed by atoms with Gasteiger partial charge in [0.25, 0.3) is 5.91 Å². The number of pyridine rings is 1. The van der Waals surface area contributed by atoms with Gasteiger partial charge in [0, 0.05) is 56.7 Å². The van der Waals surface area contributed by atoms with E-state index in [1.807, 2.05) is 53.6 Å². The van der Waals surface area contributed by atoms with E-state index < -0.39 is 0 Å². The maximum absolute atomic E-state index is 12.7. The number of aromatic nitrogens is 1. The molecule has 0 aliphatic carbocycles. The third-order valence-corrected chi connectivity index (χ3v) is 4.78. The van der Waals surface area contributed by atoms with Crippen LogP contribution in [0.25, 0.3) is 0 Å². The van der Waals surface area contributed by atoms with E-state index in [1.165, 1.54) is 5.69 Å². The normalized spacial score (nSPS) is 14.5. The van der Waals surface area contributed by atoms with Crippen molar-refractivity contribution in [1.82, 2.24) is 9.88 Å². The van der Waals surface area contributed by atoms with E-state index in [0.717, 1.165) is 50.6 Å². The lowest BCUT2D eigenvalue weighted by molar-refractivity contribution is 0.0746. The number of amides is 1. The molecule has 1 aliphatic heterocycles. The number of anilines is 2. The van der Waals surface area contributed by atoms with Gasteiger partial charge in [0.15, 0.2) is 0 Å². The van der Waals surface area contributed by atoms with Crippen LogP contribution in [0.1, 0.15) is 24.2 Å². The molecule has 2 heterocycles. The Morgan fingerprint density at radius 2 is 1.68 bits per heavy atom. The van der Waals surface area contributed by atoms with Crippen LogP contribution in [-0.2, 0) is 0 Å². The molecule has 0 spiro atoms. The number of nitrogens with zero attached hydrogens (tertiary/aromatic N) is 4. The zero-order valence-electron chi connectivity index (χ0n) is 15.1. The van der Waals surface area contributed by atoms with Crippen molar-refractivity contribution in [3.63, 3.8) is 0 Å². The van der Waals surface area contributed by atoms with Gasteiger partial charge in [-0.05, 0) is 50.2 Å². The molecular formula is C20H26N4O. The van der Waals surface area contributed by atoms with Gasteiger partial charge in [0.2, 0.25) is 0 Å². The largest absolute Gasteiger partial charge is 0.372 e. The van der Waals surface area contributed by atoms with Crippen LogP contribution >= 0.6 is 0 Å². The van der Waals surface area contributed by atoms with Crippen molar-refractivity contribution in [1.29, 1.82) is 0 Å². The van der Waals surface area contributed by atoms with E-state index in [4.69, 9.17) is 0 Å². The van der Waals surface area contributed by atoms with Crippen LogP contribution in [0.4, 0.5) is 11.5 Å². The number of hydrogen-bond donors (Lipinski definition) is 0. The first-order chi connectivity index (χ1) is 12.2. The molecule has 2 aromatic rings. The molecule has 0 radical (unpaired) electrons. The second-order valence-corrected chi connectivity index (χ2v) is 6.19. The fourth-order valence-electron chi connectivity index (χ4n) is 3.27. The molecule has 0 N–H and O–H groups in total. The van der Waals surface area contributed by atoms with Crippen LogP contribution in [0, 0.1) is 0 Å². The number of piperazine rings is 1. The number of hydrogen-bond acceptors (Lipinski definition) is 4. The highest BCUT2D eigenvalue weighted by atomic mass is 16.2. The van der Waals surface area contributed by atoms with Gasteiger partial charge in [-0.1, -0.05) is 6.07 Å². The molecule has 0 bridgehead atoms. The Morgan fingerprint density at radius 1 is 1.00 bits per heavy atom. The highest BCUT2D eigenvalue weighted by Gasteiger charge is 2.22. The summed E-state index contributed by atoms with van der Waals surface area (Å²) in [4.78, 5) is 23.6. The van der Waals surface area contributed by atoms with Gasteiger partial charge in [-0.25, -0.2) is 4.98 Å². The van der Waals surface area contributed by atoms with E-state index in [1.54, 1.807) is 0 Å². The van der Waals surface area contributed by atoms with Crippen molar-refractivity contribution < 1.29 is 4.79 Å². The molecule has 0 unspecified atom stereocenters. The maximum Gasteiger partial charge on any atom is 0.253 e. The lowest BCUT2D eigenvalue weighted by Gasteiger charge is -2.35. The third kappa shape index (κ3) is 3.92. The van der Waals surface area contributed by atoms with E-state index >= 15 is 0 Å². The zero-order chi connectivity index (χ0) is 17.6. The molecule has 25 heavy (non-hydrogen) atoms. The van der Waals surface area contributed by atoms with Gasteiger partial charge in [-0.2, -0.15) is 0 Å². The van der Waals surface area contributed by atoms with E-state index in [2.05, 4.69) is 28.6 Å². The standard InChI is InChI=1S/C20H26N4O/c1-3-22(4-2)18-10-8-17(9-11-18)20(25)24-15-13-23(14-16-24)19-7-5-6-12-21-19/h5-12H,3-4,13-16H2,1-2H3. The molecule has 1 saturated heterocycles. The van der Waals surface area contributed by atoms with E-state index in [9.17, 15) is 4.79 Å². The molecule has 1 aliphatic rings. The minimum Gasteiger partial charge on any atom is -0.372 e. The number of carbonyl (C=O) groups is 1. The zero-order valence-corrected chi connectivity index (χ0v) is 15.1. The van der Waals surface area contributed by atoms with Gasteiger partial charge in [-0.3, -0.25) is 4.79 Å². The fraction of sp³-hybridized carbons (Fsp3) is 0.400.